The summed E-state index contributed by atoms with van der Waals surface area (Å²) in [6, 6.07) is 3.85. The fourth-order valence-electron chi connectivity index (χ4n) is 1.25. The minimum atomic E-state index is -0.437. The molecule has 0 aliphatic heterocycles. The molecule has 2 rings (SSSR count). The molecule has 0 aromatic carbocycles. The maximum Gasteiger partial charge on any atom is 0.0932 e. The topological polar surface area (TPSA) is 20.2 Å². The van der Waals surface area contributed by atoms with Gasteiger partial charge in [-0.25, -0.2) is 0 Å². The molecule has 0 aliphatic rings. The summed E-state index contributed by atoms with van der Waals surface area (Å²) in [5.74, 6) is 0. The van der Waals surface area contributed by atoms with E-state index in [0.717, 1.165) is 9.90 Å². The first-order chi connectivity index (χ1) is 6.75. The fraction of sp³-hybridized carbons (Fsp3) is 0.200. The van der Waals surface area contributed by atoms with Gasteiger partial charge in [0.15, 0.2) is 0 Å². The van der Waals surface area contributed by atoms with Gasteiger partial charge in [0.1, 0.15) is 0 Å². The smallest absolute Gasteiger partial charge is 0.0932 e. The van der Waals surface area contributed by atoms with Gasteiger partial charge in [0, 0.05) is 6.42 Å². The Bertz CT molecular complexity index is 394. The molecule has 1 N–H and O–H groups in total. The highest BCUT2D eigenvalue weighted by molar-refractivity contribution is 7.14. The number of hydrogen-bond donors (Lipinski definition) is 1. The Balaban J connectivity index is 2.06. The average Bonchev–Trinajstić information content (AvgIpc) is 2.75. The van der Waals surface area contributed by atoms with E-state index in [2.05, 4.69) is 5.38 Å². The molecule has 2 aromatic rings. The van der Waals surface area contributed by atoms with Gasteiger partial charge in [-0.3, -0.25) is 0 Å². The molecule has 2 aromatic heterocycles. The Kier molecular flexibility index (Phi) is 3.23. The third-order valence-corrected chi connectivity index (χ3v) is 3.82. The molecule has 0 amide bonds. The highest BCUT2D eigenvalue weighted by Gasteiger charge is 2.10. The van der Waals surface area contributed by atoms with Crippen molar-refractivity contribution in [3.8, 4) is 0 Å². The number of thiophene rings is 2. The number of aliphatic hydroxyl groups is 1. The highest BCUT2D eigenvalue weighted by Crippen LogP contribution is 2.27. The molecule has 0 spiro atoms. The van der Waals surface area contributed by atoms with Gasteiger partial charge in [0.25, 0.3) is 0 Å². The summed E-state index contributed by atoms with van der Waals surface area (Å²) >= 11 is 8.90. The first-order valence-corrected chi connectivity index (χ1v) is 6.39. The van der Waals surface area contributed by atoms with Crippen molar-refractivity contribution in [2.24, 2.45) is 0 Å². The van der Waals surface area contributed by atoms with Gasteiger partial charge >= 0.3 is 0 Å². The monoisotopic (exact) mass is 244 g/mol. The molecule has 1 nitrogen and oxygen atoms in total. The van der Waals surface area contributed by atoms with Gasteiger partial charge in [-0.05, 0) is 39.4 Å². The zero-order chi connectivity index (χ0) is 9.97. The predicted molar refractivity (Wildman–Crippen MR) is 62.3 cm³/mol. The molecule has 2 heterocycles. The van der Waals surface area contributed by atoms with Crippen LogP contribution in [0, 0.1) is 0 Å². The lowest BCUT2D eigenvalue weighted by molar-refractivity contribution is 0.179. The second kappa shape index (κ2) is 4.45. The number of hydrogen-bond acceptors (Lipinski definition) is 3. The van der Waals surface area contributed by atoms with Gasteiger partial charge in [-0.15, -0.1) is 11.3 Å². The second-order valence-electron chi connectivity index (χ2n) is 3.04. The third kappa shape index (κ3) is 2.36. The molecule has 0 saturated heterocycles. The molecule has 1 atom stereocenters. The molecule has 4 heteroatoms. The molecule has 0 aliphatic carbocycles. The summed E-state index contributed by atoms with van der Waals surface area (Å²) in [6.45, 7) is 0. The van der Waals surface area contributed by atoms with E-state index in [1.54, 1.807) is 11.3 Å². The molecule has 0 radical (unpaired) electrons. The van der Waals surface area contributed by atoms with E-state index in [-0.39, 0.29) is 0 Å². The molecule has 0 saturated carbocycles. The van der Waals surface area contributed by atoms with Crippen LogP contribution in [0.5, 0.6) is 0 Å². The van der Waals surface area contributed by atoms with Gasteiger partial charge in [-0.2, -0.15) is 11.3 Å². The Morgan fingerprint density at radius 2 is 2.29 bits per heavy atom. The molecule has 14 heavy (non-hydrogen) atoms. The Morgan fingerprint density at radius 3 is 2.86 bits per heavy atom. The van der Waals surface area contributed by atoms with E-state index in [0.29, 0.717) is 6.42 Å². The standard InChI is InChI=1S/C10H9ClOS2/c11-10-4-8(6-14-10)9(12)3-7-1-2-13-5-7/h1-2,4-6,9,12H,3H2. The van der Waals surface area contributed by atoms with Crippen LogP contribution in [0.25, 0.3) is 0 Å². The largest absolute Gasteiger partial charge is 0.388 e. The normalized spacial score (nSPS) is 13.0. The van der Waals surface area contributed by atoms with E-state index in [9.17, 15) is 5.11 Å². The number of rotatable bonds is 3. The van der Waals surface area contributed by atoms with Gasteiger partial charge < -0.3 is 5.11 Å². The molecule has 1 unspecified atom stereocenters. The first kappa shape index (κ1) is 10.2. The Hall–Kier alpha value is -0.350. The van der Waals surface area contributed by atoms with Crippen molar-refractivity contribution in [2.75, 3.05) is 0 Å². The molecule has 74 valence electrons. The van der Waals surface area contributed by atoms with E-state index in [1.807, 2.05) is 22.9 Å². The van der Waals surface area contributed by atoms with Crippen molar-refractivity contribution in [3.05, 3.63) is 43.7 Å². The number of aliphatic hydroxyl groups excluding tert-OH is 1. The minimum Gasteiger partial charge on any atom is -0.388 e. The van der Waals surface area contributed by atoms with Crippen LogP contribution in [0.3, 0.4) is 0 Å². The molecular formula is C10H9ClOS2. The molecule has 0 bridgehead atoms. The van der Waals surface area contributed by atoms with Gasteiger partial charge in [0.2, 0.25) is 0 Å². The summed E-state index contributed by atoms with van der Waals surface area (Å²) in [5, 5.41) is 15.8. The van der Waals surface area contributed by atoms with Crippen LogP contribution in [0.15, 0.2) is 28.3 Å². The number of halogens is 1. The lowest BCUT2D eigenvalue weighted by Crippen LogP contribution is -1.98. The van der Waals surface area contributed by atoms with Gasteiger partial charge in [-0.1, -0.05) is 11.6 Å². The van der Waals surface area contributed by atoms with Crippen LogP contribution in [-0.2, 0) is 6.42 Å². The lowest BCUT2D eigenvalue weighted by atomic mass is 10.1. The van der Waals surface area contributed by atoms with Gasteiger partial charge in [0.05, 0.1) is 10.4 Å². The highest BCUT2D eigenvalue weighted by atomic mass is 35.5. The van der Waals surface area contributed by atoms with Crippen molar-refractivity contribution in [2.45, 2.75) is 12.5 Å². The van der Waals surface area contributed by atoms with Crippen molar-refractivity contribution >= 4 is 34.3 Å². The molecule has 0 fully saturated rings. The van der Waals surface area contributed by atoms with Crippen LogP contribution in [0.1, 0.15) is 17.2 Å². The zero-order valence-electron chi connectivity index (χ0n) is 7.31. The summed E-state index contributed by atoms with van der Waals surface area (Å²) in [7, 11) is 0. The Labute approximate surface area is 95.6 Å². The van der Waals surface area contributed by atoms with Crippen molar-refractivity contribution in [1.82, 2.24) is 0 Å². The van der Waals surface area contributed by atoms with Crippen molar-refractivity contribution < 1.29 is 5.11 Å². The van der Waals surface area contributed by atoms with Crippen LogP contribution < -0.4 is 0 Å². The maximum absolute atomic E-state index is 9.86. The fourth-order valence-corrected chi connectivity index (χ4v) is 2.87. The zero-order valence-corrected chi connectivity index (χ0v) is 9.70. The van der Waals surface area contributed by atoms with Crippen molar-refractivity contribution in [3.63, 3.8) is 0 Å². The lowest BCUT2D eigenvalue weighted by Gasteiger charge is -2.06. The Morgan fingerprint density at radius 1 is 1.43 bits per heavy atom. The quantitative estimate of drug-likeness (QED) is 0.872. The minimum absolute atomic E-state index is 0.437. The van der Waals surface area contributed by atoms with Crippen molar-refractivity contribution in [1.29, 1.82) is 0 Å². The summed E-state index contributed by atoms with van der Waals surface area (Å²) in [5.41, 5.74) is 2.08. The van der Waals surface area contributed by atoms with Crippen LogP contribution in [-0.4, -0.2) is 5.11 Å². The van der Waals surface area contributed by atoms with Crippen LogP contribution in [0.2, 0.25) is 4.34 Å². The van der Waals surface area contributed by atoms with Crippen LogP contribution in [0.4, 0.5) is 0 Å². The predicted octanol–water partition coefficient (Wildman–Crippen LogP) is 3.74. The summed E-state index contributed by atoms with van der Waals surface area (Å²) in [4.78, 5) is 0. The first-order valence-electron chi connectivity index (χ1n) is 4.19. The second-order valence-corrected chi connectivity index (χ2v) is 5.36. The summed E-state index contributed by atoms with van der Waals surface area (Å²) in [6.07, 6.45) is 0.227. The van der Waals surface area contributed by atoms with E-state index < -0.39 is 6.10 Å². The maximum atomic E-state index is 9.86. The molecular weight excluding hydrogens is 236 g/mol. The van der Waals surface area contributed by atoms with E-state index in [1.165, 1.54) is 16.9 Å². The third-order valence-electron chi connectivity index (χ3n) is 1.98. The van der Waals surface area contributed by atoms with E-state index in [4.69, 9.17) is 11.6 Å². The van der Waals surface area contributed by atoms with E-state index >= 15 is 0 Å². The average molecular weight is 245 g/mol. The SMILES string of the molecule is OC(Cc1ccsc1)c1csc(Cl)c1. The summed E-state index contributed by atoms with van der Waals surface area (Å²) < 4.78 is 0.726. The van der Waals surface area contributed by atoms with Crippen LogP contribution >= 0.6 is 34.3 Å².